The van der Waals surface area contributed by atoms with E-state index in [1.165, 1.54) is 11.8 Å². The van der Waals surface area contributed by atoms with Gasteiger partial charge in [0.1, 0.15) is 6.29 Å². The normalized spacial score (nSPS) is 18.2. The second-order valence-corrected chi connectivity index (χ2v) is 2.86. The zero-order chi connectivity index (χ0) is 6.69. The highest BCUT2D eigenvalue weighted by Crippen LogP contribution is 2.27. The van der Waals surface area contributed by atoms with Crippen LogP contribution in [0.2, 0.25) is 0 Å². The van der Waals surface area contributed by atoms with Crippen molar-refractivity contribution in [3.05, 3.63) is 10.5 Å². The zero-order valence-corrected chi connectivity index (χ0v) is 5.61. The molecule has 0 aromatic rings. The second-order valence-electron chi connectivity index (χ2n) is 1.72. The van der Waals surface area contributed by atoms with E-state index in [9.17, 15) is 9.59 Å². The van der Waals surface area contributed by atoms with Crippen LogP contribution in [0.4, 0.5) is 0 Å². The van der Waals surface area contributed by atoms with Crippen molar-refractivity contribution in [2.24, 2.45) is 0 Å². The van der Waals surface area contributed by atoms with Crippen LogP contribution >= 0.6 is 11.8 Å². The maximum Gasteiger partial charge on any atom is 0.156 e. The number of hydrogen-bond acceptors (Lipinski definition) is 3. The van der Waals surface area contributed by atoms with Gasteiger partial charge in [0.2, 0.25) is 0 Å². The van der Waals surface area contributed by atoms with Crippen LogP contribution < -0.4 is 0 Å². The van der Waals surface area contributed by atoms with Gasteiger partial charge >= 0.3 is 0 Å². The lowest BCUT2D eigenvalue weighted by molar-refractivity contribution is -0.106. The van der Waals surface area contributed by atoms with E-state index in [2.05, 4.69) is 0 Å². The Hall–Kier alpha value is -0.570. The first-order valence-corrected chi connectivity index (χ1v) is 3.63. The SMILES string of the molecule is O=CC1=C(C=O)SCC1. The Bertz CT molecular complexity index is 154. The first kappa shape index (κ1) is 6.55. The highest BCUT2D eigenvalue weighted by atomic mass is 32.2. The molecular formula is C6H6O2S. The Kier molecular flexibility index (Phi) is 2.05. The molecule has 9 heavy (non-hydrogen) atoms. The molecule has 2 nitrogen and oxygen atoms in total. The van der Waals surface area contributed by atoms with Crippen molar-refractivity contribution in [2.75, 3.05) is 5.75 Å². The number of thioether (sulfide) groups is 1. The van der Waals surface area contributed by atoms with Crippen LogP contribution in [0.3, 0.4) is 0 Å². The summed E-state index contributed by atoms with van der Waals surface area (Å²) in [5.74, 6) is 0.877. The molecule has 3 heteroatoms. The van der Waals surface area contributed by atoms with Crippen molar-refractivity contribution >= 4 is 24.3 Å². The number of hydrogen-bond donors (Lipinski definition) is 0. The van der Waals surface area contributed by atoms with E-state index in [-0.39, 0.29) is 0 Å². The number of aldehydes is 2. The molecule has 0 saturated heterocycles. The van der Waals surface area contributed by atoms with Gasteiger partial charge in [-0.2, -0.15) is 0 Å². The maximum absolute atomic E-state index is 10.1. The second kappa shape index (κ2) is 2.82. The highest BCUT2D eigenvalue weighted by molar-refractivity contribution is 8.04. The van der Waals surface area contributed by atoms with E-state index >= 15 is 0 Å². The molecule has 0 radical (unpaired) electrons. The lowest BCUT2D eigenvalue weighted by Crippen LogP contribution is -1.83. The Morgan fingerprint density at radius 3 is 2.56 bits per heavy atom. The third-order valence-electron chi connectivity index (χ3n) is 1.19. The fraction of sp³-hybridized carbons (Fsp3) is 0.333. The molecule has 1 heterocycles. The van der Waals surface area contributed by atoms with Crippen molar-refractivity contribution < 1.29 is 9.59 Å². The van der Waals surface area contributed by atoms with Crippen LogP contribution in [0, 0.1) is 0 Å². The quantitative estimate of drug-likeness (QED) is 0.534. The van der Waals surface area contributed by atoms with E-state index in [4.69, 9.17) is 0 Å². The summed E-state index contributed by atoms with van der Waals surface area (Å²) in [5.41, 5.74) is 0.662. The summed E-state index contributed by atoms with van der Waals surface area (Å²) in [5, 5.41) is 0. The molecule has 48 valence electrons. The van der Waals surface area contributed by atoms with Gasteiger partial charge in [-0.15, -0.1) is 11.8 Å². The number of carbonyl (C=O) groups excluding carboxylic acids is 2. The molecule has 1 aliphatic heterocycles. The fourth-order valence-corrected chi connectivity index (χ4v) is 1.66. The fourth-order valence-electron chi connectivity index (χ4n) is 0.714. The molecule has 1 rings (SSSR count). The minimum absolute atomic E-state index is 0.616. The lowest BCUT2D eigenvalue weighted by Gasteiger charge is -1.84. The lowest BCUT2D eigenvalue weighted by atomic mass is 10.2. The van der Waals surface area contributed by atoms with Gasteiger partial charge in [-0.1, -0.05) is 0 Å². The Labute approximate surface area is 57.3 Å². The molecule has 0 spiro atoms. The van der Waals surface area contributed by atoms with Crippen LogP contribution in [0.1, 0.15) is 6.42 Å². The first-order valence-electron chi connectivity index (χ1n) is 2.65. The van der Waals surface area contributed by atoms with Crippen LogP contribution in [0.5, 0.6) is 0 Å². The van der Waals surface area contributed by atoms with Crippen molar-refractivity contribution in [1.82, 2.24) is 0 Å². The van der Waals surface area contributed by atoms with Crippen molar-refractivity contribution in [3.63, 3.8) is 0 Å². The average Bonchev–Trinajstić information content (AvgIpc) is 2.33. The molecule has 1 aliphatic rings. The summed E-state index contributed by atoms with van der Waals surface area (Å²) in [6, 6.07) is 0. The molecule has 0 aromatic heterocycles. The summed E-state index contributed by atoms with van der Waals surface area (Å²) in [6.07, 6.45) is 2.27. The number of rotatable bonds is 2. The molecule has 0 saturated carbocycles. The molecule has 0 bridgehead atoms. The summed E-state index contributed by atoms with van der Waals surface area (Å²) >= 11 is 1.46. The predicted octanol–water partition coefficient (Wildman–Crippen LogP) is 0.775. The largest absolute Gasteiger partial charge is 0.298 e. The van der Waals surface area contributed by atoms with Crippen LogP contribution in [-0.2, 0) is 9.59 Å². The van der Waals surface area contributed by atoms with Crippen molar-refractivity contribution in [3.8, 4) is 0 Å². The average molecular weight is 142 g/mol. The van der Waals surface area contributed by atoms with Gasteiger partial charge in [-0.3, -0.25) is 9.59 Å². The monoisotopic (exact) mass is 142 g/mol. The van der Waals surface area contributed by atoms with Gasteiger partial charge in [0.25, 0.3) is 0 Å². The van der Waals surface area contributed by atoms with Crippen molar-refractivity contribution in [2.45, 2.75) is 6.42 Å². The molecular weight excluding hydrogens is 136 g/mol. The van der Waals surface area contributed by atoms with Gasteiger partial charge < -0.3 is 0 Å². The zero-order valence-electron chi connectivity index (χ0n) is 4.79. The smallest absolute Gasteiger partial charge is 0.156 e. The summed E-state index contributed by atoms with van der Waals surface area (Å²) in [7, 11) is 0. The van der Waals surface area contributed by atoms with E-state index in [0.717, 1.165) is 24.7 Å². The maximum atomic E-state index is 10.1. The first-order chi connectivity index (χ1) is 4.38. The minimum Gasteiger partial charge on any atom is -0.298 e. The summed E-state index contributed by atoms with van der Waals surface area (Å²) in [4.78, 5) is 20.9. The Balaban J connectivity index is 2.81. The molecule has 0 unspecified atom stereocenters. The van der Waals surface area contributed by atoms with Crippen LogP contribution in [-0.4, -0.2) is 18.3 Å². The highest BCUT2D eigenvalue weighted by Gasteiger charge is 2.12. The molecule has 0 N–H and O–H groups in total. The third-order valence-corrected chi connectivity index (χ3v) is 2.27. The standard InChI is InChI=1S/C6H6O2S/c7-3-5-1-2-9-6(5)4-8/h3-4H,1-2H2. The third kappa shape index (κ3) is 1.21. The van der Waals surface area contributed by atoms with Gasteiger partial charge in [0.15, 0.2) is 6.29 Å². The van der Waals surface area contributed by atoms with E-state index in [1.54, 1.807) is 0 Å². The van der Waals surface area contributed by atoms with E-state index < -0.39 is 0 Å². The number of allylic oxidation sites excluding steroid dienone is 2. The molecule has 0 atom stereocenters. The van der Waals surface area contributed by atoms with E-state index in [0.29, 0.717) is 10.5 Å². The van der Waals surface area contributed by atoms with Crippen molar-refractivity contribution in [1.29, 1.82) is 0 Å². The van der Waals surface area contributed by atoms with Gasteiger partial charge in [0.05, 0.1) is 4.91 Å². The van der Waals surface area contributed by atoms with Gasteiger partial charge in [-0.25, -0.2) is 0 Å². The molecule has 0 amide bonds. The van der Waals surface area contributed by atoms with Gasteiger partial charge in [-0.05, 0) is 6.42 Å². The summed E-state index contributed by atoms with van der Waals surface area (Å²) in [6.45, 7) is 0. The number of carbonyl (C=O) groups is 2. The summed E-state index contributed by atoms with van der Waals surface area (Å²) < 4.78 is 0. The topological polar surface area (TPSA) is 34.1 Å². The predicted molar refractivity (Wildman–Crippen MR) is 36.2 cm³/mol. The van der Waals surface area contributed by atoms with Crippen LogP contribution in [0.15, 0.2) is 10.5 Å². The van der Waals surface area contributed by atoms with Crippen LogP contribution in [0.25, 0.3) is 0 Å². The molecule has 0 aliphatic carbocycles. The minimum atomic E-state index is 0.616. The molecule has 0 fully saturated rings. The Morgan fingerprint density at radius 2 is 2.11 bits per heavy atom. The van der Waals surface area contributed by atoms with Gasteiger partial charge in [0, 0.05) is 11.3 Å². The van der Waals surface area contributed by atoms with E-state index in [1.807, 2.05) is 0 Å². The Morgan fingerprint density at radius 1 is 1.33 bits per heavy atom. The molecule has 0 aromatic carbocycles.